The van der Waals surface area contributed by atoms with E-state index < -0.39 is 6.10 Å². The van der Waals surface area contributed by atoms with Crippen LogP contribution in [0.3, 0.4) is 0 Å². The first-order chi connectivity index (χ1) is 11.8. The Hall–Kier alpha value is -2.53. The van der Waals surface area contributed by atoms with E-state index in [1.807, 2.05) is 48.5 Å². The van der Waals surface area contributed by atoms with Crippen molar-refractivity contribution in [2.24, 2.45) is 0 Å². The lowest BCUT2D eigenvalue weighted by Gasteiger charge is -2.31. The van der Waals surface area contributed by atoms with Gasteiger partial charge in [0.2, 0.25) is 0 Å². The van der Waals surface area contributed by atoms with Crippen LogP contribution in [-0.4, -0.2) is 30.0 Å². The standard InChI is InChI=1S/C19H19NO4/c21-11-18-17-8-6-14-10-15(23-12-13-4-2-1-3-5-13)7-9-16(14)20(17)19(22)24-18/h1-5,7,9-10,17-18,21H,6,8,11-12H2/t17-,18+/m0/s1. The minimum atomic E-state index is -0.431. The lowest BCUT2D eigenvalue weighted by Crippen LogP contribution is -2.41. The van der Waals surface area contributed by atoms with E-state index >= 15 is 0 Å². The molecule has 1 saturated heterocycles. The molecule has 2 atom stereocenters. The molecule has 1 fully saturated rings. The third kappa shape index (κ3) is 2.61. The summed E-state index contributed by atoms with van der Waals surface area (Å²) in [6.07, 6.45) is 0.816. The molecule has 0 aromatic heterocycles. The summed E-state index contributed by atoms with van der Waals surface area (Å²) in [5.41, 5.74) is 3.05. The van der Waals surface area contributed by atoms with Crippen LogP contribution >= 0.6 is 0 Å². The van der Waals surface area contributed by atoms with Crippen molar-refractivity contribution in [3.05, 3.63) is 59.7 Å². The largest absolute Gasteiger partial charge is 0.489 e. The van der Waals surface area contributed by atoms with Gasteiger partial charge in [-0.1, -0.05) is 30.3 Å². The average molecular weight is 325 g/mol. The molecule has 1 amide bonds. The van der Waals surface area contributed by atoms with Crippen LogP contribution in [0.5, 0.6) is 5.75 Å². The molecule has 0 spiro atoms. The maximum Gasteiger partial charge on any atom is 0.415 e. The fourth-order valence-electron chi connectivity index (χ4n) is 3.45. The lowest BCUT2D eigenvalue weighted by molar-refractivity contribution is 0.0817. The molecule has 124 valence electrons. The fourth-order valence-corrected chi connectivity index (χ4v) is 3.45. The van der Waals surface area contributed by atoms with Crippen LogP contribution in [0.15, 0.2) is 48.5 Å². The number of hydrogen-bond acceptors (Lipinski definition) is 4. The van der Waals surface area contributed by atoms with Crippen molar-refractivity contribution >= 4 is 11.8 Å². The third-order valence-corrected chi connectivity index (χ3v) is 4.66. The Morgan fingerprint density at radius 2 is 2.04 bits per heavy atom. The quantitative estimate of drug-likeness (QED) is 0.939. The Morgan fingerprint density at radius 3 is 2.83 bits per heavy atom. The monoisotopic (exact) mass is 325 g/mol. The number of nitrogens with zero attached hydrogens (tertiary/aromatic N) is 1. The number of carbonyl (C=O) groups excluding carboxylic acids is 1. The Kier molecular flexibility index (Phi) is 3.86. The van der Waals surface area contributed by atoms with E-state index in [4.69, 9.17) is 9.47 Å². The van der Waals surface area contributed by atoms with Gasteiger partial charge in [-0.25, -0.2) is 4.79 Å². The molecule has 2 aromatic rings. The van der Waals surface area contributed by atoms with Crippen molar-refractivity contribution in [2.45, 2.75) is 31.6 Å². The van der Waals surface area contributed by atoms with Gasteiger partial charge in [0, 0.05) is 0 Å². The van der Waals surface area contributed by atoms with Crippen molar-refractivity contribution in [3.8, 4) is 5.75 Å². The van der Waals surface area contributed by atoms with Gasteiger partial charge >= 0.3 is 6.09 Å². The van der Waals surface area contributed by atoms with Crippen molar-refractivity contribution in [1.29, 1.82) is 0 Å². The average Bonchev–Trinajstić information content (AvgIpc) is 2.97. The smallest absolute Gasteiger partial charge is 0.415 e. The first-order valence-corrected chi connectivity index (χ1v) is 8.16. The molecule has 0 unspecified atom stereocenters. The Bertz CT molecular complexity index is 746. The van der Waals surface area contributed by atoms with Crippen molar-refractivity contribution in [2.75, 3.05) is 11.5 Å². The Morgan fingerprint density at radius 1 is 1.21 bits per heavy atom. The molecule has 2 aliphatic rings. The van der Waals surface area contributed by atoms with Gasteiger partial charge in [-0.05, 0) is 42.2 Å². The molecule has 2 aliphatic heterocycles. The Labute approximate surface area is 140 Å². The van der Waals surface area contributed by atoms with Crippen LogP contribution in [-0.2, 0) is 17.8 Å². The number of rotatable bonds is 4. The molecule has 0 saturated carbocycles. The number of aryl methyl sites for hydroxylation is 1. The second-order valence-corrected chi connectivity index (χ2v) is 6.15. The number of aliphatic hydroxyl groups excluding tert-OH is 1. The van der Waals surface area contributed by atoms with Gasteiger partial charge in [-0.2, -0.15) is 0 Å². The van der Waals surface area contributed by atoms with Crippen LogP contribution in [0.2, 0.25) is 0 Å². The van der Waals surface area contributed by atoms with E-state index in [9.17, 15) is 9.90 Å². The summed E-state index contributed by atoms with van der Waals surface area (Å²) in [6.45, 7) is 0.376. The van der Waals surface area contributed by atoms with Gasteiger partial charge in [0.1, 0.15) is 18.5 Å². The zero-order valence-electron chi connectivity index (χ0n) is 13.2. The molecule has 24 heavy (non-hydrogen) atoms. The normalized spacial score (nSPS) is 21.9. The molecule has 0 aliphatic carbocycles. The highest BCUT2D eigenvalue weighted by molar-refractivity contribution is 5.92. The summed E-state index contributed by atoms with van der Waals surface area (Å²) in [4.78, 5) is 13.8. The zero-order valence-corrected chi connectivity index (χ0v) is 13.2. The molecular weight excluding hydrogens is 306 g/mol. The van der Waals surface area contributed by atoms with Crippen LogP contribution < -0.4 is 9.64 Å². The van der Waals surface area contributed by atoms with Gasteiger partial charge < -0.3 is 14.6 Å². The maximum atomic E-state index is 12.1. The van der Waals surface area contributed by atoms with Gasteiger partial charge in [-0.15, -0.1) is 0 Å². The molecule has 5 heteroatoms. The summed E-state index contributed by atoms with van der Waals surface area (Å²) < 4.78 is 11.1. The molecule has 1 N–H and O–H groups in total. The highest BCUT2D eigenvalue weighted by Crippen LogP contribution is 2.38. The lowest BCUT2D eigenvalue weighted by atomic mass is 9.94. The summed E-state index contributed by atoms with van der Waals surface area (Å²) in [7, 11) is 0. The number of amides is 1. The van der Waals surface area contributed by atoms with Gasteiger partial charge in [0.15, 0.2) is 0 Å². The molecule has 2 aromatic carbocycles. The third-order valence-electron chi connectivity index (χ3n) is 4.66. The van der Waals surface area contributed by atoms with Crippen LogP contribution in [0.1, 0.15) is 17.5 Å². The molecule has 0 bridgehead atoms. The number of benzene rings is 2. The predicted molar refractivity (Wildman–Crippen MR) is 89.2 cm³/mol. The van der Waals surface area contributed by atoms with E-state index in [-0.39, 0.29) is 18.7 Å². The molecule has 5 nitrogen and oxygen atoms in total. The fraction of sp³-hybridized carbons (Fsp3) is 0.316. The molecule has 4 rings (SSSR count). The zero-order chi connectivity index (χ0) is 16.5. The first kappa shape index (κ1) is 15.0. The van der Waals surface area contributed by atoms with E-state index in [0.717, 1.165) is 35.4 Å². The molecule has 2 heterocycles. The van der Waals surface area contributed by atoms with Crippen molar-refractivity contribution in [1.82, 2.24) is 0 Å². The van der Waals surface area contributed by atoms with E-state index in [1.54, 1.807) is 4.90 Å². The summed E-state index contributed by atoms with van der Waals surface area (Å²) in [5, 5.41) is 9.37. The predicted octanol–water partition coefficient (Wildman–Crippen LogP) is 2.90. The number of fused-ring (bicyclic) bond motifs is 3. The minimum Gasteiger partial charge on any atom is -0.489 e. The van der Waals surface area contributed by atoms with Crippen LogP contribution in [0, 0.1) is 0 Å². The van der Waals surface area contributed by atoms with Gasteiger partial charge in [0.25, 0.3) is 0 Å². The highest BCUT2D eigenvalue weighted by Gasteiger charge is 2.44. The van der Waals surface area contributed by atoms with Crippen molar-refractivity contribution < 1.29 is 19.4 Å². The minimum absolute atomic E-state index is 0.0777. The maximum absolute atomic E-state index is 12.1. The summed E-state index contributed by atoms with van der Waals surface area (Å²) in [6, 6.07) is 15.7. The van der Waals surface area contributed by atoms with E-state index in [1.165, 1.54) is 0 Å². The number of cyclic esters (lactones) is 1. The number of ether oxygens (including phenoxy) is 2. The van der Waals surface area contributed by atoms with E-state index in [0.29, 0.717) is 6.61 Å². The first-order valence-electron chi connectivity index (χ1n) is 8.16. The van der Waals surface area contributed by atoms with E-state index in [2.05, 4.69) is 0 Å². The van der Waals surface area contributed by atoms with Crippen LogP contribution in [0.4, 0.5) is 10.5 Å². The van der Waals surface area contributed by atoms with Gasteiger partial charge in [0.05, 0.1) is 18.3 Å². The number of aliphatic hydroxyl groups is 1. The molecule has 0 radical (unpaired) electrons. The highest BCUT2D eigenvalue weighted by atomic mass is 16.6. The van der Waals surface area contributed by atoms with Gasteiger partial charge in [-0.3, -0.25) is 4.90 Å². The second-order valence-electron chi connectivity index (χ2n) is 6.15. The summed E-state index contributed by atoms with van der Waals surface area (Å²) >= 11 is 0. The topological polar surface area (TPSA) is 59.0 Å². The number of hydrogen-bond donors (Lipinski definition) is 1. The number of anilines is 1. The second kappa shape index (κ2) is 6.17. The molecular formula is C19H19NO4. The number of carbonyl (C=O) groups is 1. The van der Waals surface area contributed by atoms with Crippen LogP contribution in [0.25, 0.3) is 0 Å². The SMILES string of the molecule is O=C1O[C@H](CO)[C@@H]2CCc3cc(OCc4ccccc4)ccc3N12. The van der Waals surface area contributed by atoms with Crippen molar-refractivity contribution in [3.63, 3.8) is 0 Å². The summed E-state index contributed by atoms with van der Waals surface area (Å²) in [5.74, 6) is 0.794. The Balaban J connectivity index is 1.53.